The summed E-state index contributed by atoms with van der Waals surface area (Å²) in [5, 5.41) is 0. The van der Waals surface area contributed by atoms with Crippen molar-refractivity contribution in [2.45, 2.75) is 19.7 Å². The van der Waals surface area contributed by atoms with Gasteiger partial charge in [0, 0.05) is 11.1 Å². The Labute approximate surface area is 107 Å². The molecule has 106 valence electrons. The summed E-state index contributed by atoms with van der Waals surface area (Å²) in [5.74, 6) is -1.03. The first-order valence-electron chi connectivity index (χ1n) is 5.13. The van der Waals surface area contributed by atoms with E-state index in [0.717, 1.165) is 6.20 Å². The number of hydrogen-bond donors (Lipinski definition) is 0. The predicted octanol–water partition coefficient (Wildman–Crippen LogP) is 2.01. The molecule has 1 aromatic rings. The van der Waals surface area contributed by atoms with Crippen LogP contribution in [0.15, 0.2) is 6.20 Å². The molecule has 1 rings (SSSR count). The number of hydrogen-bond acceptors (Lipinski definition) is 5. The molecule has 1 aromatic heterocycles. The van der Waals surface area contributed by atoms with Crippen LogP contribution in [0.3, 0.4) is 0 Å². The lowest BCUT2D eigenvalue weighted by molar-refractivity contribution is -0.276. The van der Waals surface area contributed by atoms with Crippen LogP contribution < -0.4 is 9.47 Å². The topological polar surface area (TPSA) is 57.7 Å². The molecule has 0 saturated carbocycles. The number of alkyl halides is 3. The van der Waals surface area contributed by atoms with Gasteiger partial charge in [0.05, 0.1) is 26.8 Å². The first-order chi connectivity index (χ1) is 8.78. The van der Waals surface area contributed by atoms with Crippen LogP contribution in [0.5, 0.6) is 11.6 Å². The van der Waals surface area contributed by atoms with Crippen molar-refractivity contribution in [3.8, 4) is 11.6 Å². The highest BCUT2D eigenvalue weighted by Gasteiger charge is 2.33. The van der Waals surface area contributed by atoms with Crippen LogP contribution in [-0.2, 0) is 16.0 Å². The van der Waals surface area contributed by atoms with Crippen molar-refractivity contribution >= 4 is 5.97 Å². The van der Waals surface area contributed by atoms with Gasteiger partial charge in [-0.05, 0) is 6.92 Å². The van der Waals surface area contributed by atoms with Gasteiger partial charge in [-0.1, -0.05) is 0 Å². The molecule has 0 aliphatic carbocycles. The number of ether oxygens (including phenoxy) is 3. The molecule has 8 heteroatoms. The minimum Gasteiger partial charge on any atom is -0.495 e. The van der Waals surface area contributed by atoms with Gasteiger partial charge in [-0.2, -0.15) is 0 Å². The highest BCUT2D eigenvalue weighted by atomic mass is 19.4. The molecule has 0 saturated heterocycles. The largest absolute Gasteiger partial charge is 0.574 e. The van der Waals surface area contributed by atoms with Gasteiger partial charge in [0.15, 0.2) is 0 Å². The predicted molar refractivity (Wildman–Crippen MR) is 57.9 cm³/mol. The van der Waals surface area contributed by atoms with Gasteiger partial charge in [-0.3, -0.25) is 4.79 Å². The summed E-state index contributed by atoms with van der Waals surface area (Å²) in [6.45, 7) is 1.36. The Kier molecular flexibility index (Phi) is 4.57. The zero-order valence-electron chi connectivity index (χ0n) is 10.5. The second kappa shape index (κ2) is 5.77. The average molecular weight is 279 g/mol. The van der Waals surface area contributed by atoms with E-state index in [1.54, 1.807) is 0 Å². The highest BCUT2D eigenvalue weighted by Crippen LogP contribution is 2.31. The van der Waals surface area contributed by atoms with Gasteiger partial charge in [-0.25, -0.2) is 4.98 Å². The van der Waals surface area contributed by atoms with Crippen molar-refractivity contribution < 1.29 is 32.2 Å². The summed E-state index contributed by atoms with van der Waals surface area (Å²) in [7, 11) is 2.50. The van der Waals surface area contributed by atoms with Crippen LogP contribution in [0.25, 0.3) is 0 Å². The van der Waals surface area contributed by atoms with E-state index in [1.807, 2.05) is 0 Å². The molecule has 0 fully saturated rings. The Bertz CT molecular complexity index is 474. The maximum atomic E-state index is 12.2. The Morgan fingerprint density at radius 3 is 2.47 bits per heavy atom. The minimum absolute atomic E-state index is 0.0714. The van der Waals surface area contributed by atoms with E-state index in [2.05, 4.69) is 14.5 Å². The van der Waals surface area contributed by atoms with Gasteiger partial charge < -0.3 is 14.2 Å². The third kappa shape index (κ3) is 4.01. The molecular formula is C11H12F3NO4. The third-order valence-electron chi connectivity index (χ3n) is 2.35. The van der Waals surface area contributed by atoms with E-state index in [-0.39, 0.29) is 23.3 Å². The smallest absolute Gasteiger partial charge is 0.495 e. The van der Waals surface area contributed by atoms with E-state index >= 15 is 0 Å². The summed E-state index contributed by atoms with van der Waals surface area (Å²) in [6.07, 6.45) is -4.02. The Morgan fingerprint density at radius 2 is 2.00 bits per heavy atom. The lowest BCUT2D eigenvalue weighted by Gasteiger charge is -2.15. The monoisotopic (exact) mass is 279 g/mol. The van der Waals surface area contributed by atoms with Crippen molar-refractivity contribution in [2.75, 3.05) is 14.2 Å². The van der Waals surface area contributed by atoms with Gasteiger partial charge in [0.25, 0.3) is 0 Å². The lowest BCUT2D eigenvalue weighted by Crippen LogP contribution is -2.19. The Balaban J connectivity index is 3.18. The first-order valence-corrected chi connectivity index (χ1v) is 5.13. The number of rotatable bonds is 4. The molecule has 1 heterocycles. The standard InChI is InChI=1S/C11H12F3NO4/c1-6-7(4-9(16)18-3)8(17-2)5-15-10(6)19-11(12,13)14/h5H,4H2,1-3H3. The molecule has 0 aromatic carbocycles. The SMILES string of the molecule is COC(=O)Cc1c(OC)cnc(OC(F)(F)F)c1C. The first kappa shape index (κ1) is 15.1. The molecular weight excluding hydrogens is 267 g/mol. The number of halogens is 3. The van der Waals surface area contributed by atoms with Crippen LogP contribution in [0, 0.1) is 6.92 Å². The third-order valence-corrected chi connectivity index (χ3v) is 2.35. The summed E-state index contributed by atoms with van der Waals surface area (Å²) >= 11 is 0. The zero-order chi connectivity index (χ0) is 14.6. The molecule has 0 spiro atoms. The van der Waals surface area contributed by atoms with Crippen molar-refractivity contribution in [1.29, 1.82) is 0 Å². The number of carbonyl (C=O) groups excluding carboxylic acids is 1. The van der Waals surface area contributed by atoms with Gasteiger partial charge >= 0.3 is 12.3 Å². The fraction of sp³-hybridized carbons (Fsp3) is 0.455. The van der Waals surface area contributed by atoms with Crippen LogP contribution in [0.2, 0.25) is 0 Å². The number of pyridine rings is 1. The number of nitrogens with zero attached hydrogens (tertiary/aromatic N) is 1. The molecule has 0 atom stereocenters. The van der Waals surface area contributed by atoms with E-state index in [9.17, 15) is 18.0 Å². The van der Waals surface area contributed by atoms with Gasteiger partial charge in [0.2, 0.25) is 5.88 Å². The van der Waals surface area contributed by atoms with Crippen LogP contribution in [0.1, 0.15) is 11.1 Å². The van der Waals surface area contributed by atoms with E-state index in [0.29, 0.717) is 0 Å². The fourth-order valence-corrected chi connectivity index (χ4v) is 1.43. The summed E-state index contributed by atoms with van der Waals surface area (Å²) in [6, 6.07) is 0. The van der Waals surface area contributed by atoms with E-state index < -0.39 is 18.2 Å². The zero-order valence-corrected chi connectivity index (χ0v) is 10.5. The molecule has 0 radical (unpaired) electrons. The van der Waals surface area contributed by atoms with Gasteiger partial charge in [0.1, 0.15) is 5.75 Å². The maximum Gasteiger partial charge on any atom is 0.574 e. The lowest BCUT2D eigenvalue weighted by atomic mass is 10.1. The number of aromatic nitrogens is 1. The Hall–Kier alpha value is -1.99. The average Bonchev–Trinajstić information content (AvgIpc) is 2.32. The Morgan fingerprint density at radius 1 is 1.37 bits per heavy atom. The molecule has 0 aliphatic rings. The summed E-state index contributed by atoms with van der Waals surface area (Å²) in [4.78, 5) is 14.7. The normalized spacial score (nSPS) is 11.1. The highest BCUT2D eigenvalue weighted by molar-refractivity contribution is 5.74. The van der Waals surface area contributed by atoms with Crippen molar-refractivity contribution in [2.24, 2.45) is 0 Å². The molecule has 0 bridgehead atoms. The summed E-state index contributed by atoms with van der Waals surface area (Å²) < 4.78 is 49.7. The summed E-state index contributed by atoms with van der Waals surface area (Å²) in [5.41, 5.74) is 0.311. The van der Waals surface area contributed by atoms with Crippen molar-refractivity contribution in [1.82, 2.24) is 4.98 Å². The quantitative estimate of drug-likeness (QED) is 0.789. The van der Waals surface area contributed by atoms with E-state index in [1.165, 1.54) is 21.1 Å². The number of methoxy groups -OCH3 is 2. The molecule has 0 N–H and O–H groups in total. The molecule has 5 nitrogen and oxygen atoms in total. The van der Waals surface area contributed by atoms with Crippen LogP contribution >= 0.6 is 0 Å². The number of carbonyl (C=O) groups is 1. The molecule has 0 amide bonds. The number of esters is 1. The molecule has 19 heavy (non-hydrogen) atoms. The second-order valence-corrected chi connectivity index (χ2v) is 3.54. The fourth-order valence-electron chi connectivity index (χ4n) is 1.43. The molecule has 0 aliphatic heterocycles. The minimum atomic E-state index is -4.85. The maximum absolute atomic E-state index is 12.2. The van der Waals surface area contributed by atoms with Gasteiger partial charge in [-0.15, -0.1) is 13.2 Å². The molecule has 0 unspecified atom stereocenters. The second-order valence-electron chi connectivity index (χ2n) is 3.54. The van der Waals surface area contributed by atoms with Crippen molar-refractivity contribution in [3.63, 3.8) is 0 Å². The van der Waals surface area contributed by atoms with Crippen molar-refractivity contribution in [3.05, 3.63) is 17.3 Å². The van der Waals surface area contributed by atoms with Crippen LogP contribution in [0.4, 0.5) is 13.2 Å². The van der Waals surface area contributed by atoms with E-state index in [4.69, 9.17) is 4.74 Å². The van der Waals surface area contributed by atoms with Crippen LogP contribution in [-0.4, -0.2) is 31.5 Å².